The standard InChI is InChI=1S/C45H27N3/c1-4-16-36-31(11-1)32-12-2-5-17-37(32)44-43(36)46-45-38-18-6-3-13-33(38)39-27-29(23-26-42(39)48(44)45)28-21-24-30(25-22-28)47-40-19-9-7-14-34(40)35-15-8-10-20-41(35)47/h1-27H. The molecule has 0 saturated heterocycles. The third-order valence-corrected chi connectivity index (χ3v) is 10.3. The van der Waals surface area contributed by atoms with Crippen molar-refractivity contribution in [3.05, 3.63) is 164 Å². The van der Waals surface area contributed by atoms with Crippen LogP contribution in [0.3, 0.4) is 0 Å². The van der Waals surface area contributed by atoms with Crippen LogP contribution in [-0.2, 0) is 0 Å². The second-order valence-electron chi connectivity index (χ2n) is 12.8. The number of hydrogen-bond donors (Lipinski definition) is 0. The summed E-state index contributed by atoms with van der Waals surface area (Å²) in [4.78, 5) is 5.39. The molecule has 0 fully saturated rings. The molecule has 0 saturated carbocycles. The van der Waals surface area contributed by atoms with Crippen LogP contribution in [0.2, 0.25) is 0 Å². The van der Waals surface area contributed by atoms with Crippen LogP contribution >= 0.6 is 0 Å². The van der Waals surface area contributed by atoms with Gasteiger partial charge in [0.15, 0.2) is 0 Å². The number of nitrogens with zero attached hydrogens (tertiary/aromatic N) is 3. The minimum Gasteiger partial charge on any atom is -0.309 e. The SMILES string of the molecule is c1ccc2c(c1)c1ccccc1c1c2nc2c3ccccc3c3cc(-c4ccc(-n5c6ccccc6c6ccccc65)cc4)ccc3n21. The topological polar surface area (TPSA) is 22.2 Å². The maximum Gasteiger partial charge on any atom is 0.146 e. The van der Waals surface area contributed by atoms with Crippen LogP contribution in [0.5, 0.6) is 0 Å². The first-order chi connectivity index (χ1) is 23.8. The lowest BCUT2D eigenvalue weighted by Gasteiger charge is -2.13. The van der Waals surface area contributed by atoms with Crippen molar-refractivity contribution >= 4 is 81.7 Å². The molecule has 3 heterocycles. The molecule has 0 amide bonds. The third-order valence-electron chi connectivity index (χ3n) is 10.3. The molecule has 0 aliphatic heterocycles. The highest BCUT2D eigenvalue weighted by atomic mass is 15.0. The van der Waals surface area contributed by atoms with Gasteiger partial charge in [-0.3, -0.25) is 4.40 Å². The molecule has 222 valence electrons. The molecule has 0 aliphatic rings. The van der Waals surface area contributed by atoms with Crippen LogP contribution < -0.4 is 0 Å². The van der Waals surface area contributed by atoms with Crippen molar-refractivity contribution in [1.82, 2.24) is 14.0 Å². The lowest BCUT2D eigenvalue weighted by atomic mass is 9.98. The monoisotopic (exact) mass is 609 g/mol. The van der Waals surface area contributed by atoms with Gasteiger partial charge in [-0.2, -0.15) is 0 Å². The molecule has 0 spiro atoms. The van der Waals surface area contributed by atoms with Gasteiger partial charge in [-0.25, -0.2) is 4.98 Å². The molecule has 0 N–H and O–H groups in total. The zero-order valence-electron chi connectivity index (χ0n) is 25.9. The Labute approximate surface area is 275 Å². The second kappa shape index (κ2) is 9.54. The van der Waals surface area contributed by atoms with Gasteiger partial charge in [0.1, 0.15) is 5.65 Å². The Morgan fingerprint density at radius 3 is 1.52 bits per heavy atom. The Kier molecular flexibility index (Phi) is 5.11. The van der Waals surface area contributed by atoms with Crippen LogP contribution in [0.4, 0.5) is 0 Å². The van der Waals surface area contributed by atoms with Gasteiger partial charge in [0.25, 0.3) is 0 Å². The molecule has 0 aliphatic carbocycles. The highest BCUT2D eigenvalue weighted by molar-refractivity contribution is 6.26. The van der Waals surface area contributed by atoms with Crippen LogP contribution in [0.15, 0.2) is 164 Å². The average molecular weight is 610 g/mol. The van der Waals surface area contributed by atoms with E-state index in [9.17, 15) is 0 Å². The summed E-state index contributed by atoms with van der Waals surface area (Å²) in [5.41, 5.74) is 10.4. The summed E-state index contributed by atoms with van der Waals surface area (Å²) in [6.07, 6.45) is 0. The second-order valence-corrected chi connectivity index (χ2v) is 12.8. The van der Waals surface area contributed by atoms with Gasteiger partial charge in [-0.05, 0) is 63.7 Å². The van der Waals surface area contributed by atoms with E-state index in [1.807, 2.05) is 0 Å². The zero-order valence-corrected chi connectivity index (χ0v) is 25.9. The smallest absolute Gasteiger partial charge is 0.146 e. The molecular weight excluding hydrogens is 583 g/mol. The van der Waals surface area contributed by atoms with E-state index in [1.165, 1.54) is 70.8 Å². The third kappa shape index (κ3) is 3.40. The van der Waals surface area contributed by atoms with Gasteiger partial charge in [0, 0.05) is 38.0 Å². The Hall–Kier alpha value is -6.45. The van der Waals surface area contributed by atoms with Crippen LogP contribution in [-0.4, -0.2) is 14.0 Å². The predicted molar refractivity (Wildman–Crippen MR) is 202 cm³/mol. The molecule has 48 heavy (non-hydrogen) atoms. The largest absolute Gasteiger partial charge is 0.309 e. The molecular formula is C45H27N3. The van der Waals surface area contributed by atoms with E-state index >= 15 is 0 Å². The number of benzene rings is 8. The van der Waals surface area contributed by atoms with Gasteiger partial charge in [-0.1, -0.05) is 127 Å². The van der Waals surface area contributed by atoms with E-state index in [-0.39, 0.29) is 0 Å². The zero-order chi connectivity index (χ0) is 31.3. The first-order valence-electron chi connectivity index (χ1n) is 16.5. The maximum absolute atomic E-state index is 5.39. The fourth-order valence-corrected chi connectivity index (χ4v) is 8.16. The highest BCUT2D eigenvalue weighted by Crippen LogP contribution is 2.40. The number of para-hydroxylation sites is 2. The molecule has 3 heteroatoms. The minimum atomic E-state index is 0.998. The van der Waals surface area contributed by atoms with Crippen LogP contribution in [0, 0.1) is 0 Å². The number of fused-ring (bicyclic) bond motifs is 16. The minimum absolute atomic E-state index is 0.998. The molecule has 3 nitrogen and oxygen atoms in total. The van der Waals surface area contributed by atoms with Gasteiger partial charge in [-0.15, -0.1) is 0 Å². The normalized spacial score (nSPS) is 12.2. The molecule has 0 radical (unpaired) electrons. The lowest BCUT2D eigenvalue weighted by Crippen LogP contribution is -1.94. The molecule has 11 rings (SSSR count). The van der Waals surface area contributed by atoms with Crippen molar-refractivity contribution in [2.45, 2.75) is 0 Å². The molecule has 0 atom stereocenters. The Morgan fingerprint density at radius 1 is 0.354 bits per heavy atom. The van der Waals surface area contributed by atoms with Crippen molar-refractivity contribution in [1.29, 1.82) is 0 Å². The summed E-state index contributed by atoms with van der Waals surface area (Å²) in [6.45, 7) is 0. The van der Waals surface area contributed by atoms with Crippen LogP contribution in [0.1, 0.15) is 0 Å². The van der Waals surface area contributed by atoms with Gasteiger partial charge >= 0.3 is 0 Å². The number of hydrogen-bond acceptors (Lipinski definition) is 1. The summed E-state index contributed by atoms with van der Waals surface area (Å²) in [5.74, 6) is 0. The van der Waals surface area contributed by atoms with Crippen molar-refractivity contribution in [3.63, 3.8) is 0 Å². The summed E-state index contributed by atoms with van der Waals surface area (Å²) in [5, 5.41) is 11.1. The van der Waals surface area contributed by atoms with E-state index in [0.717, 1.165) is 27.8 Å². The maximum atomic E-state index is 5.39. The van der Waals surface area contributed by atoms with Crippen molar-refractivity contribution in [2.24, 2.45) is 0 Å². The van der Waals surface area contributed by atoms with Gasteiger partial charge in [0.2, 0.25) is 0 Å². The van der Waals surface area contributed by atoms with Crippen molar-refractivity contribution < 1.29 is 0 Å². The molecule has 3 aromatic heterocycles. The summed E-state index contributed by atoms with van der Waals surface area (Å²) < 4.78 is 4.77. The van der Waals surface area contributed by atoms with Crippen molar-refractivity contribution in [2.75, 3.05) is 0 Å². The van der Waals surface area contributed by atoms with Crippen molar-refractivity contribution in [3.8, 4) is 16.8 Å². The van der Waals surface area contributed by atoms with Gasteiger partial charge < -0.3 is 4.57 Å². The first-order valence-corrected chi connectivity index (χ1v) is 16.5. The highest BCUT2D eigenvalue weighted by Gasteiger charge is 2.19. The van der Waals surface area contributed by atoms with E-state index < -0.39 is 0 Å². The Balaban J connectivity index is 1.16. The average Bonchev–Trinajstić information content (AvgIpc) is 3.73. The molecule has 8 aromatic carbocycles. The fraction of sp³-hybridized carbons (Fsp3) is 0. The van der Waals surface area contributed by atoms with Crippen LogP contribution in [0.25, 0.3) is 98.5 Å². The van der Waals surface area contributed by atoms with E-state index in [4.69, 9.17) is 4.98 Å². The fourth-order valence-electron chi connectivity index (χ4n) is 8.16. The number of imidazole rings is 1. The summed E-state index contributed by atoms with van der Waals surface area (Å²) in [6, 6.07) is 59.4. The predicted octanol–water partition coefficient (Wildman–Crippen LogP) is 11.9. The number of aromatic nitrogens is 3. The summed E-state index contributed by atoms with van der Waals surface area (Å²) in [7, 11) is 0. The van der Waals surface area contributed by atoms with Gasteiger partial charge in [0.05, 0.1) is 27.6 Å². The van der Waals surface area contributed by atoms with E-state index in [2.05, 4.69) is 173 Å². The Bertz CT molecular complexity index is 3050. The molecule has 0 unspecified atom stereocenters. The number of pyridine rings is 1. The Morgan fingerprint density at radius 2 is 0.854 bits per heavy atom. The van der Waals surface area contributed by atoms with E-state index in [0.29, 0.717) is 0 Å². The molecule has 0 bridgehead atoms. The van der Waals surface area contributed by atoms with E-state index in [1.54, 1.807) is 0 Å². The quantitative estimate of drug-likeness (QED) is 0.179. The number of rotatable bonds is 2. The first kappa shape index (κ1) is 25.7. The molecule has 11 aromatic rings. The lowest BCUT2D eigenvalue weighted by molar-refractivity contribution is 1.18. The summed E-state index contributed by atoms with van der Waals surface area (Å²) >= 11 is 0.